The highest BCUT2D eigenvalue weighted by Crippen LogP contribution is 2.34. The number of carbonyl (C=O) groups excluding carboxylic acids is 1. The molecule has 0 fully saturated rings. The van der Waals surface area contributed by atoms with Crippen molar-refractivity contribution >= 4 is 29.1 Å². The molecule has 0 saturated heterocycles. The summed E-state index contributed by atoms with van der Waals surface area (Å²) in [6.07, 6.45) is 3.61. The van der Waals surface area contributed by atoms with Gasteiger partial charge in [-0.15, -0.1) is 0 Å². The number of carbonyl (C=O) groups is 1. The molecule has 0 radical (unpaired) electrons. The van der Waals surface area contributed by atoms with Crippen LogP contribution in [-0.2, 0) is 0 Å². The van der Waals surface area contributed by atoms with E-state index in [9.17, 15) is 9.18 Å². The van der Waals surface area contributed by atoms with Crippen molar-refractivity contribution < 1.29 is 9.18 Å². The first-order valence-corrected chi connectivity index (χ1v) is 8.10. The van der Waals surface area contributed by atoms with Gasteiger partial charge in [-0.2, -0.15) is 0 Å². The van der Waals surface area contributed by atoms with Crippen LogP contribution in [0.2, 0.25) is 5.02 Å². The summed E-state index contributed by atoms with van der Waals surface area (Å²) in [5.41, 5.74) is 1.12. The number of unbranched alkanes of at least 4 members (excludes halogenated alkanes) is 1. The molecule has 1 aromatic rings. The van der Waals surface area contributed by atoms with Crippen LogP contribution >= 0.6 is 23.4 Å². The van der Waals surface area contributed by atoms with Crippen LogP contribution in [0.5, 0.6) is 0 Å². The molecule has 0 N–H and O–H groups in total. The maximum atomic E-state index is 13.7. The fraction of sp³-hybridized carbons (Fsp3) is 0.312. The summed E-state index contributed by atoms with van der Waals surface area (Å²) >= 11 is 7.32. The number of nitrogens with zero attached hydrogens (tertiary/aromatic N) is 1. The van der Waals surface area contributed by atoms with Crippen molar-refractivity contribution in [2.75, 3.05) is 6.54 Å². The molecule has 21 heavy (non-hydrogen) atoms. The lowest BCUT2D eigenvalue weighted by molar-refractivity contribution is 0.104. The van der Waals surface area contributed by atoms with Gasteiger partial charge in [0.05, 0.1) is 10.6 Å². The van der Waals surface area contributed by atoms with Gasteiger partial charge in [0.2, 0.25) is 0 Å². The first kappa shape index (κ1) is 16.1. The van der Waals surface area contributed by atoms with Crippen LogP contribution < -0.4 is 0 Å². The van der Waals surface area contributed by atoms with Crippen LogP contribution in [0.1, 0.15) is 37.0 Å². The van der Waals surface area contributed by atoms with Crippen LogP contribution in [-0.4, -0.2) is 17.2 Å². The Labute approximate surface area is 133 Å². The second-order valence-corrected chi connectivity index (χ2v) is 6.18. The van der Waals surface area contributed by atoms with E-state index in [1.807, 2.05) is 12.3 Å². The van der Waals surface area contributed by atoms with Crippen LogP contribution in [0.25, 0.3) is 0 Å². The fourth-order valence-electron chi connectivity index (χ4n) is 2.04. The Morgan fingerprint density at radius 3 is 2.95 bits per heavy atom. The van der Waals surface area contributed by atoms with Crippen molar-refractivity contribution in [3.05, 3.63) is 56.8 Å². The van der Waals surface area contributed by atoms with Crippen LogP contribution in [0.4, 0.5) is 4.39 Å². The zero-order valence-corrected chi connectivity index (χ0v) is 13.6. The number of halogens is 2. The van der Waals surface area contributed by atoms with Gasteiger partial charge in [-0.1, -0.05) is 36.7 Å². The number of allylic oxidation sites excluding steroid dienone is 2. The molecule has 0 amide bonds. The Hall–Kier alpha value is -1.26. The standard InChI is InChI=1S/C16H17ClFNOS/c1-3-4-7-19-11(2)10-21-16(19)9-15(20)13-8-12(17)5-6-14(13)18/h5-6,8-10H,3-4,7H2,1-2H3. The minimum absolute atomic E-state index is 0.00981. The summed E-state index contributed by atoms with van der Waals surface area (Å²) in [7, 11) is 0. The van der Waals surface area contributed by atoms with E-state index in [1.54, 1.807) is 0 Å². The molecule has 5 heteroatoms. The second kappa shape index (κ2) is 7.14. The Bertz CT molecular complexity index is 612. The van der Waals surface area contributed by atoms with Crippen molar-refractivity contribution in [2.24, 2.45) is 0 Å². The third-order valence-electron chi connectivity index (χ3n) is 3.23. The van der Waals surface area contributed by atoms with Crippen molar-refractivity contribution in [1.82, 2.24) is 4.90 Å². The van der Waals surface area contributed by atoms with Crippen LogP contribution in [0.15, 0.2) is 40.4 Å². The summed E-state index contributed by atoms with van der Waals surface area (Å²) in [6.45, 7) is 5.00. The normalized spacial score (nSPS) is 16.5. The lowest BCUT2D eigenvalue weighted by Crippen LogP contribution is -2.18. The Morgan fingerprint density at radius 1 is 1.48 bits per heavy atom. The molecule has 0 unspecified atom stereocenters. The van der Waals surface area contributed by atoms with E-state index in [2.05, 4.69) is 11.8 Å². The molecular weight excluding hydrogens is 309 g/mol. The maximum Gasteiger partial charge on any atom is 0.191 e. The molecular formula is C16H17ClFNOS. The molecule has 2 nitrogen and oxygen atoms in total. The molecule has 1 heterocycles. The lowest BCUT2D eigenvalue weighted by atomic mass is 10.1. The van der Waals surface area contributed by atoms with Gasteiger partial charge in [0.25, 0.3) is 0 Å². The Kier molecular flexibility index (Phi) is 5.48. The van der Waals surface area contributed by atoms with Gasteiger partial charge in [0.1, 0.15) is 5.82 Å². The average molecular weight is 326 g/mol. The van der Waals surface area contributed by atoms with Crippen molar-refractivity contribution in [3.63, 3.8) is 0 Å². The van der Waals surface area contributed by atoms with Gasteiger partial charge in [-0.05, 0) is 37.0 Å². The second-order valence-electron chi connectivity index (χ2n) is 4.85. The molecule has 1 aromatic carbocycles. The topological polar surface area (TPSA) is 20.3 Å². The number of thioether (sulfide) groups is 1. The van der Waals surface area contributed by atoms with Crippen molar-refractivity contribution in [1.29, 1.82) is 0 Å². The molecule has 0 aromatic heterocycles. The quantitative estimate of drug-likeness (QED) is 0.547. The molecule has 2 rings (SSSR count). The van der Waals surface area contributed by atoms with Gasteiger partial charge in [0, 0.05) is 23.3 Å². The van der Waals surface area contributed by atoms with E-state index in [1.165, 1.54) is 36.0 Å². The third-order valence-corrected chi connectivity index (χ3v) is 4.50. The molecule has 0 bridgehead atoms. The number of hydrogen-bond donors (Lipinski definition) is 0. The zero-order valence-electron chi connectivity index (χ0n) is 12.0. The molecule has 0 spiro atoms. The SMILES string of the molecule is CCCCN1C(C)=CSC1=CC(=O)c1cc(Cl)ccc1F. The summed E-state index contributed by atoms with van der Waals surface area (Å²) in [5, 5.41) is 3.20. The van der Waals surface area contributed by atoms with Crippen molar-refractivity contribution in [3.8, 4) is 0 Å². The Balaban J connectivity index is 2.22. The van der Waals surface area contributed by atoms with Crippen LogP contribution in [0, 0.1) is 5.82 Å². The monoisotopic (exact) mass is 325 g/mol. The first-order valence-electron chi connectivity index (χ1n) is 6.85. The first-order chi connectivity index (χ1) is 10.0. The number of benzene rings is 1. The average Bonchev–Trinajstić information content (AvgIpc) is 2.79. The van der Waals surface area contributed by atoms with E-state index in [0.29, 0.717) is 5.02 Å². The molecule has 0 atom stereocenters. The third kappa shape index (κ3) is 3.89. The van der Waals surface area contributed by atoms with E-state index >= 15 is 0 Å². The van der Waals surface area contributed by atoms with E-state index in [-0.39, 0.29) is 11.3 Å². The summed E-state index contributed by atoms with van der Waals surface area (Å²) in [5.74, 6) is -0.906. The highest BCUT2D eigenvalue weighted by Gasteiger charge is 2.20. The molecule has 112 valence electrons. The van der Waals surface area contributed by atoms with E-state index in [0.717, 1.165) is 30.1 Å². The van der Waals surface area contributed by atoms with Crippen molar-refractivity contribution in [2.45, 2.75) is 26.7 Å². The predicted molar refractivity (Wildman–Crippen MR) is 86.8 cm³/mol. The lowest BCUT2D eigenvalue weighted by Gasteiger charge is -2.21. The minimum atomic E-state index is -0.547. The van der Waals surface area contributed by atoms with Gasteiger partial charge in [-0.25, -0.2) is 4.39 Å². The molecule has 0 saturated carbocycles. The van der Waals surface area contributed by atoms with E-state index < -0.39 is 5.82 Å². The highest BCUT2D eigenvalue weighted by atomic mass is 35.5. The van der Waals surface area contributed by atoms with Crippen LogP contribution in [0.3, 0.4) is 0 Å². The maximum absolute atomic E-state index is 13.7. The summed E-state index contributed by atoms with van der Waals surface area (Å²) in [4.78, 5) is 14.4. The number of rotatable bonds is 5. The molecule has 1 aliphatic rings. The zero-order chi connectivity index (χ0) is 15.4. The number of ketones is 1. The highest BCUT2D eigenvalue weighted by molar-refractivity contribution is 8.06. The molecule has 0 aliphatic carbocycles. The van der Waals surface area contributed by atoms with Gasteiger partial charge in [0.15, 0.2) is 5.78 Å². The summed E-state index contributed by atoms with van der Waals surface area (Å²) in [6, 6.07) is 4.02. The number of hydrogen-bond acceptors (Lipinski definition) is 3. The van der Waals surface area contributed by atoms with Gasteiger partial charge in [-0.3, -0.25) is 4.79 Å². The predicted octanol–water partition coefficient (Wildman–Crippen LogP) is 5.21. The largest absolute Gasteiger partial charge is 0.339 e. The summed E-state index contributed by atoms with van der Waals surface area (Å²) < 4.78 is 13.7. The van der Waals surface area contributed by atoms with E-state index in [4.69, 9.17) is 11.6 Å². The minimum Gasteiger partial charge on any atom is -0.339 e. The molecule has 1 aliphatic heterocycles. The van der Waals surface area contributed by atoms with Gasteiger partial charge < -0.3 is 4.90 Å². The Morgan fingerprint density at radius 2 is 2.24 bits per heavy atom. The fourth-order valence-corrected chi connectivity index (χ4v) is 3.17. The smallest absolute Gasteiger partial charge is 0.191 e. The van der Waals surface area contributed by atoms with Gasteiger partial charge >= 0.3 is 0 Å².